The fourth-order valence-corrected chi connectivity index (χ4v) is 2.36. The van der Waals surface area contributed by atoms with Crippen molar-refractivity contribution in [3.8, 4) is 0 Å². The Bertz CT molecular complexity index is 341. The first-order chi connectivity index (χ1) is 7.20. The van der Waals surface area contributed by atoms with E-state index in [2.05, 4.69) is 4.98 Å². The summed E-state index contributed by atoms with van der Waals surface area (Å²) in [5.41, 5.74) is 0. The highest BCUT2D eigenvalue weighted by molar-refractivity contribution is 7.13. The Hall–Kier alpha value is -1.14. The van der Waals surface area contributed by atoms with Gasteiger partial charge in [0, 0.05) is 18.6 Å². The normalized spacial score (nSPS) is 25.4. The second-order valence-corrected chi connectivity index (χ2v) is 4.35. The quantitative estimate of drug-likeness (QED) is 0.824. The summed E-state index contributed by atoms with van der Waals surface area (Å²) in [5, 5.41) is 11.7. The molecule has 0 radical (unpaired) electrons. The van der Waals surface area contributed by atoms with Crippen LogP contribution in [0, 0.1) is 5.92 Å². The van der Waals surface area contributed by atoms with Gasteiger partial charge in [0.15, 0.2) is 5.13 Å². The van der Waals surface area contributed by atoms with Crippen molar-refractivity contribution >= 4 is 22.4 Å². The lowest BCUT2D eigenvalue weighted by atomic mass is 10.0. The van der Waals surface area contributed by atoms with Crippen molar-refractivity contribution in [2.75, 3.05) is 25.2 Å². The van der Waals surface area contributed by atoms with Crippen LogP contribution in [-0.4, -0.2) is 42.4 Å². The smallest absolute Gasteiger partial charge is 0.311 e. The summed E-state index contributed by atoms with van der Waals surface area (Å²) in [6.45, 7) is 0.739. The Morgan fingerprint density at radius 2 is 2.53 bits per heavy atom. The number of rotatable bonds is 3. The predicted molar refractivity (Wildman–Crippen MR) is 56.2 cm³/mol. The van der Waals surface area contributed by atoms with Gasteiger partial charge in [-0.05, 0) is 0 Å². The van der Waals surface area contributed by atoms with Crippen LogP contribution < -0.4 is 4.90 Å². The zero-order chi connectivity index (χ0) is 10.8. The monoisotopic (exact) mass is 228 g/mol. The van der Waals surface area contributed by atoms with Gasteiger partial charge in [-0.1, -0.05) is 0 Å². The molecule has 0 spiro atoms. The summed E-state index contributed by atoms with van der Waals surface area (Å²) in [7, 11) is 1.86. The molecule has 1 saturated heterocycles. The summed E-state index contributed by atoms with van der Waals surface area (Å²) in [6.07, 6.45) is 1.71. The van der Waals surface area contributed by atoms with Gasteiger partial charge in [0.2, 0.25) is 0 Å². The number of hydrogen-bond acceptors (Lipinski definition) is 5. The fourth-order valence-electron chi connectivity index (χ4n) is 1.69. The molecule has 5 nitrogen and oxygen atoms in total. The summed E-state index contributed by atoms with van der Waals surface area (Å²) in [6, 6.07) is -0.117. The van der Waals surface area contributed by atoms with Gasteiger partial charge in [-0.25, -0.2) is 4.98 Å². The lowest BCUT2D eigenvalue weighted by Crippen LogP contribution is -2.40. The van der Waals surface area contributed by atoms with Crippen LogP contribution in [-0.2, 0) is 9.53 Å². The number of aromatic nitrogens is 1. The van der Waals surface area contributed by atoms with Crippen LogP contribution in [0.3, 0.4) is 0 Å². The molecular formula is C9H12N2O3S. The molecule has 82 valence electrons. The van der Waals surface area contributed by atoms with Crippen molar-refractivity contribution in [3.05, 3.63) is 11.6 Å². The Morgan fingerprint density at radius 3 is 3.13 bits per heavy atom. The predicted octanol–water partition coefficient (Wildman–Crippen LogP) is 0.679. The number of hydrogen-bond donors (Lipinski definition) is 1. The third kappa shape index (κ3) is 1.95. The number of likely N-dealkylation sites (N-methyl/N-ethyl adjacent to an activating group) is 1. The van der Waals surface area contributed by atoms with Crippen LogP contribution in [0.1, 0.15) is 0 Å². The van der Waals surface area contributed by atoms with E-state index in [9.17, 15) is 4.79 Å². The third-order valence-corrected chi connectivity index (χ3v) is 3.45. The van der Waals surface area contributed by atoms with Crippen LogP contribution >= 0.6 is 11.3 Å². The van der Waals surface area contributed by atoms with Crippen molar-refractivity contribution in [1.82, 2.24) is 4.98 Å². The zero-order valence-electron chi connectivity index (χ0n) is 8.29. The molecule has 6 heteroatoms. The van der Waals surface area contributed by atoms with Crippen molar-refractivity contribution in [2.24, 2.45) is 5.92 Å². The molecule has 1 aromatic heterocycles. The average molecular weight is 228 g/mol. The molecule has 1 fully saturated rings. The largest absolute Gasteiger partial charge is 0.481 e. The minimum Gasteiger partial charge on any atom is -0.481 e. The molecule has 2 heterocycles. The molecular weight excluding hydrogens is 216 g/mol. The summed E-state index contributed by atoms with van der Waals surface area (Å²) in [4.78, 5) is 17.0. The van der Waals surface area contributed by atoms with Crippen LogP contribution in [0.15, 0.2) is 11.6 Å². The molecule has 1 aliphatic rings. The summed E-state index contributed by atoms with van der Waals surface area (Å²) in [5.74, 6) is -1.26. The Balaban J connectivity index is 2.13. The maximum Gasteiger partial charge on any atom is 0.311 e. The number of carboxylic acids is 1. The first-order valence-electron chi connectivity index (χ1n) is 4.63. The summed E-state index contributed by atoms with van der Waals surface area (Å²) >= 11 is 1.50. The highest BCUT2D eigenvalue weighted by Crippen LogP contribution is 2.25. The first kappa shape index (κ1) is 10.4. The molecule has 2 unspecified atom stereocenters. The fraction of sp³-hybridized carbons (Fsp3) is 0.556. The first-order valence-corrected chi connectivity index (χ1v) is 5.51. The van der Waals surface area contributed by atoms with Gasteiger partial charge in [0.05, 0.1) is 19.3 Å². The second-order valence-electron chi connectivity index (χ2n) is 3.48. The molecule has 0 bridgehead atoms. The standard InChI is InChI=1S/C9H12N2O3S/c1-11(9-10-2-3-15-9)7-5-14-4-6(7)8(12)13/h2-3,6-7H,4-5H2,1H3,(H,12,13). The van der Waals surface area contributed by atoms with Gasteiger partial charge >= 0.3 is 5.97 Å². The molecule has 1 N–H and O–H groups in total. The van der Waals surface area contributed by atoms with E-state index in [-0.39, 0.29) is 12.6 Å². The minimum absolute atomic E-state index is 0.117. The van der Waals surface area contributed by atoms with E-state index in [0.29, 0.717) is 6.61 Å². The van der Waals surface area contributed by atoms with Gasteiger partial charge in [0.25, 0.3) is 0 Å². The minimum atomic E-state index is -0.805. The second kappa shape index (κ2) is 4.16. The lowest BCUT2D eigenvalue weighted by molar-refractivity contribution is -0.141. The van der Waals surface area contributed by atoms with Crippen molar-refractivity contribution in [2.45, 2.75) is 6.04 Å². The van der Waals surface area contributed by atoms with Crippen LogP contribution in [0.2, 0.25) is 0 Å². The van der Waals surface area contributed by atoms with E-state index in [4.69, 9.17) is 9.84 Å². The molecule has 0 saturated carbocycles. The number of aliphatic carboxylic acids is 1. The number of ether oxygens (including phenoxy) is 1. The number of nitrogens with zero attached hydrogens (tertiary/aromatic N) is 2. The summed E-state index contributed by atoms with van der Waals surface area (Å²) < 4.78 is 5.20. The van der Waals surface area contributed by atoms with Crippen molar-refractivity contribution in [3.63, 3.8) is 0 Å². The lowest BCUT2D eigenvalue weighted by Gasteiger charge is -2.25. The van der Waals surface area contributed by atoms with Crippen LogP contribution in [0.25, 0.3) is 0 Å². The van der Waals surface area contributed by atoms with E-state index < -0.39 is 11.9 Å². The highest BCUT2D eigenvalue weighted by Gasteiger charge is 2.37. The van der Waals surface area contributed by atoms with Gasteiger partial charge in [-0.3, -0.25) is 4.79 Å². The number of thiazole rings is 1. The third-order valence-electron chi connectivity index (χ3n) is 2.59. The average Bonchev–Trinajstić information content (AvgIpc) is 2.88. The van der Waals surface area contributed by atoms with Crippen molar-refractivity contribution in [1.29, 1.82) is 0 Å². The molecule has 15 heavy (non-hydrogen) atoms. The highest BCUT2D eigenvalue weighted by atomic mass is 32.1. The van der Waals surface area contributed by atoms with Gasteiger partial charge in [0.1, 0.15) is 5.92 Å². The molecule has 0 aliphatic carbocycles. The maximum absolute atomic E-state index is 11.0. The molecule has 0 aromatic carbocycles. The van der Waals surface area contributed by atoms with E-state index in [1.54, 1.807) is 6.20 Å². The number of carbonyl (C=O) groups is 1. The molecule has 2 atom stereocenters. The SMILES string of the molecule is CN(c1nccs1)C1COCC1C(=O)O. The molecule has 2 rings (SSSR count). The number of anilines is 1. The van der Waals surface area contributed by atoms with Gasteiger partial charge in [-0.15, -0.1) is 11.3 Å². The van der Waals surface area contributed by atoms with Crippen LogP contribution in [0.4, 0.5) is 5.13 Å². The van der Waals surface area contributed by atoms with E-state index in [1.807, 2.05) is 17.3 Å². The Kier molecular flexibility index (Phi) is 2.88. The number of carboxylic acid groups (broad SMARTS) is 1. The van der Waals surface area contributed by atoms with E-state index in [0.717, 1.165) is 5.13 Å². The van der Waals surface area contributed by atoms with Gasteiger partial charge in [-0.2, -0.15) is 0 Å². The molecule has 0 amide bonds. The van der Waals surface area contributed by atoms with Crippen molar-refractivity contribution < 1.29 is 14.6 Å². The maximum atomic E-state index is 11.0. The molecule has 1 aliphatic heterocycles. The Labute approximate surface area is 91.3 Å². The van der Waals surface area contributed by atoms with E-state index >= 15 is 0 Å². The van der Waals surface area contributed by atoms with E-state index in [1.165, 1.54) is 11.3 Å². The zero-order valence-corrected chi connectivity index (χ0v) is 9.11. The van der Waals surface area contributed by atoms with Gasteiger partial charge < -0.3 is 14.7 Å². The van der Waals surface area contributed by atoms with Crippen LogP contribution in [0.5, 0.6) is 0 Å². The molecule has 1 aromatic rings. The Morgan fingerprint density at radius 1 is 1.73 bits per heavy atom. The topological polar surface area (TPSA) is 62.7 Å².